The van der Waals surface area contributed by atoms with E-state index in [2.05, 4.69) is 35.9 Å². The molecule has 4 rings (SSSR count). The lowest BCUT2D eigenvalue weighted by molar-refractivity contribution is 0.0691. The fourth-order valence-corrected chi connectivity index (χ4v) is 3.91. The van der Waals surface area contributed by atoms with Crippen LogP contribution >= 0.6 is 0 Å². The molecule has 0 aromatic carbocycles. The van der Waals surface area contributed by atoms with Crippen LogP contribution in [-0.2, 0) is 13.0 Å². The van der Waals surface area contributed by atoms with E-state index >= 15 is 0 Å². The number of hydrogen-bond donors (Lipinski definition) is 1. The highest BCUT2D eigenvalue weighted by molar-refractivity contribution is 5.84. The Morgan fingerprint density at radius 3 is 2.71 bits per heavy atom. The van der Waals surface area contributed by atoms with Crippen LogP contribution in [0.4, 0.5) is 5.82 Å². The van der Waals surface area contributed by atoms with Gasteiger partial charge in [-0.3, -0.25) is 0 Å². The summed E-state index contributed by atoms with van der Waals surface area (Å²) in [6.07, 6.45) is 3.98. The van der Waals surface area contributed by atoms with Crippen molar-refractivity contribution in [3.05, 3.63) is 41.6 Å². The molecule has 2 fully saturated rings. The highest BCUT2D eigenvalue weighted by Gasteiger charge is 2.52. The summed E-state index contributed by atoms with van der Waals surface area (Å²) in [6.45, 7) is 7.31. The normalized spacial score (nSPS) is 24.9. The number of imidazole rings is 1. The van der Waals surface area contributed by atoms with E-state index in [0.717, 1.165) is 54.3 Å². The summed E-state index contributed by atoms with van der Waals surface area (Å²) in [5.41, 5.74) is 2.27. The van der Waals surface area contributed by atoms with E-state index in [9.17, 15) is 4.79 Å². The van der Waals surface area contributed by atoms with E-state index in [4.69, 9.17) is 10.1 Å². The molecule has 1 aliphatic carbocycles. The number of carboxylic acid groups (broad SMARTS) is 1. The monoisotopic (exact) mass is 326 g/mol. The Hall–Kier alpha value is -2.37. The molecule has 0 bridgehead atoms. The zero-order chi connectivity index (χ0) is 16.8. The molecule has 2 aliphatic rings. The number of carbonyl (C=O) groups is 1. The SMILES string of the molecule is CCc1nc(N2C[C@@H]3C(C)[C@@H]3C2)ccc1Cn1cnc(C(=O)O)c1. The van der Waals surface area contributed by atoms with Gasteiger partial charge in [0.1, 0.15) is 5.82 Å². The van der Waals surface area contributed by atoms with Crippen molar-refractivity contribution < 1.29 is 9.90 Å². The number of anilines is 1. The molecule has 1 saturated heterocycles. The smallest absolute Gasteiger partial charge is 0.356 e. The third kappa shape index (κ3) is 2.56. The average molecular weight is 326 g/mol. The lowest BCUT2D eigenvalue weighted by Gasteiger charge is -2.21. The minimum Gasteiger partial charge on any atom is -0.476 e. The van der Waals surface area contributed by atoms with Gasteiger partial charge in [-0.15, -0.1) is 0 Å². The Bertz CT molecular complexity index is 773. The summed E-state index contributed by atoms with van der Waals surface area (Å²) in [4.78, 5) is 22.1. The van der Waals surface area contributed by atoms with Crippen LogP contribution in [0.2, 0.25) is 0 Å². The maximum absolute atomic E-state index is 10.9. The molecular formula is C18H22N4O2. The van der Waals surface area contributed by atoms with Gasteiger partial charge in [0.15, 0.2) is 5.69 Å². The average Bonchev–Trinajstić information content (AvgIpc) is 3.01. The highest BCUT2D eigenvalue weighted by Crippen LogP contribution is 2.51. The third-order valence-electron chi connectivity index (χ3n) is 5.54. The molecule has 1 unspecified atom stereocenters. The number of carboxylic acids is 1. The van der Waals surface area contributed by atoms with Gasteiger partial charge in [0.25, 0.3) is 0 Å². The van der Waals surface area contributed by atoms with Crippen LogP contribution in [0.1, 0.15) is 35.6 Å². The van der Waals surface area contributed by atoms with E-state index in [1.54, 1.807) is 17.1 Å². The summed E-state index contributed by atoms with van der Waals surface area (Å²) in [5, 5.41) is 8.97. The van der Waals surface area contributed by atoms with Gasteiger partial charge in [-0.2, -0.15) is 0 Å². The van der Waals surface area contributed by atoms with Crippen molar-refractivity contribution in [3.8, 4) is 0 Å². The predicted molar refractivity (Wildman–Crippen MR) is 90.3 cm³/mol. The molecule has 6 nitrogen and oxygen atoms in total. The lowest BCUT2D eigenvalue weighted by Crippen LogP contribution is -2.25. The molecule has 24 heavy (non-hydrogen) atoms. The van der Waals surface area contributed by atoms with Gasteiger partial charge in [0.05, 0.1) is 12.9 Å². The standard InChI is InChI=1S/C18H22N4O2/c1-3-15-12(6-21-9-16(18(23)24)19-10-21)4-5-17(20-15)22-7-13-11(2)14(13)8-22/h4-5,9-11,13-14H,3,6-8H2,1-2H3,(H,23,24)/t11?,13-,14+. The fraction of sp³-hybridized carbons (Fsp3) is 0.500. The molecule has 3 atom stereocenters. The van der Waals surface area contributed by atoms with Crippen molar-refractivity contribution >= 4 is 11.8 Å². The van der Waals surface area contributed by atoms with Crippen molar-refractivity contribution in [2.75, 3.05) is 18.0 Å². The molecule has 0 radical (unpaired) electrons. The van der Waals surface area contributed by atoms with Crippen molar-refractivity contribution in [3.63, 3.8) is 0 Å². The summed E-state index contributed by atoms with van der Waals surface area (Å²) in [7, 11) is 0. The first-order valence-corrected chi connectivity index (χ1v) is 8.55. The first-order chi connectivity index (χ1) is 11.6. The number of aromatic carboxylic acids is 1. The Morgan fingerprint density at radius 2 is 2.08 bits per heavy atom. The minimum absolute atomic E-state index is 0.0723. The molecule has 126 valence electrons. The van der Waals surface area contributed by atoms with Crippen LogP contribution in [0.5, 0.6) is 0 Å². The van der Waals surface area contributed by atoms with Gasteiger partial charge in [0, 0.05) is 25.0 Å². The van der Waals surface area contributed by atoms with Crippen molar-refractivity contribution in [1.82, 2.24) is 14.5 Å². The number of piperidine rings is 1. The van der Waals surface area contributed by atoms with Gasteiger partial charge in [0.2, 0.25) is 0 Å². The summed E-state index contributed by atoms with van der Waals surface area (Å²) >= 11 is 0. The van der Waals surface area contributed by atoms with Crippen molar-refractivity contribution in [2.24, 2.45) is 17.8 Å². The number of nitrogens with zero attached hydrogens (tertiary/aromatic N) is 4. The molecule has 1 saturated carbocycles. The summed E-state index contributed by atoms with van der Waals surface area (Å²) in [6, 6.07) is 4.22. The van der Waals surface area contributed by atoms with Crippen LogP contribution < -0.4 is 4.90 Å². The first-order valence-electron chi connectivity index (χ1n) is 8.55. The van der Waals surface area contributed by atoms with Crippen molar-refractivity contribution in [1.29, 1.82) is 0 Å². The predicted octanol–water partition coefficient (Wildman–Crippen LogP) is 2.29. The van der Waals surface area contributed by atoms with Crippen LogP contribution in [0.25, 0.3) is 0 Å². The molecular weight excluding hydrogens is 304 g/mol. The minimum atomic E-state index is -1.00. The number of pyridine rings is 1. The molecule has 0 amide bonds. The van der Waals surface area contributed by atoms with E-state index < -0.39 is 5.97 Å². The van der Waals surface area contributed by atoms with Crippen LogP contribution in [0.3, 0.4) is 0 Å². The van der Waals surface area contributed by atoms with E-state index in [0.29, 0.717) is 6.54 Å². The molecule has 3 heterocycles. The number of fused-ring (bicyclic) bond motifs is 1. The zero-order valence-electron chi connectivity index (χ0n) is 14.0. The second-order valence-electron chi connectivity index (χ2n) is 6.96. The molecule has 2 aromatic heterocycles. The summed E-state index contributed by atoms with van der Waals surface area (Å²) < 4.78 is 1.80. The van der Waals surface area contributed by atoms with Crippen LogP contribution in [0, 0.1) is 17.8 Å². The second kappa shape index (κ2) is 5.61. The van der Waals surface area contributed by atoms with Crippen LogP contribution in [0.15, 0.2) is 24.7 Å². The largest absolute Gasteiger partial charge is 0.476 e. The van der Waals surface area contributed by atoms with E-state index in [-0.39, 0.29) is 5.69 Å². The van der Waals surface area contributed by atoms with Gasteiger partial charge < -0.3 is 14.6 Å². The number of aromatic nitrogens is 3. The number of aryl methyl sites for hydroxylation is 1. The molecule has 1 N–H and O–H groups in total. The van der Waals surface area contributed by atoms with Gasteiger partial charge in [-0.05, 0) is 35.8 Å². The van der Waals surface area contributed by atoms with E-state index in [1.165, 1.54) is 0 Å². The molecule has 0 spiro atoms. The Kier molecular flexibility index (Phi) is 3.55. The Balaban J connectivity index is 1.52. The zero-order valence-corrected chi connectivity index (χ0v) is 14.0. The van der Waals surface area contributed by atoms with E-state index in [1.807, 2.05) is 0 Å². The summed E-state index contributed by atoms with van der Waals surface area (Å²) in [5.74, 6) is 2.68. The van der Waals surface area contributed by atoms with Crippen LogP contribution in [-0.4, -0.2) is 38.7 Å². The topological polar surface area (TPSA) is 71.2 Å². The molecule has 2 aromatic rings. The fourth-order valence-electron chi connectivity index (χ4n) is 3.91. The van der Waals surface area contributed by atoms with Crippen molar-refractivity contribution in [2.45, 2.75) is 26.8 Å². The highest BCUT2D eigenvalue weighted by atomic mass is 16.4. The Labute approximate surface area is 141 Å². The quantitative estimate of drug-likeness (QED) is 0.913. The van der Waals surface area contributed by atoms with Gasteiger partial charge in [-0.25, -0.2) is 14.8 Å². The number of rotatable bonds is 5. The molecule has 6 heteroatoms. The first kappa shape index (κ1) is 15.2. The third-order valence-corrected chi connectivity index (χ3v) is 5.54. The van der Waals surface area contributed by atoms with Gasteiger partial charge >= 0.3 is 5.97 Å². The lowest BCUT2D eigenvalue weighted by atomic mass is 10.1. The maximum atomic E-state index is 10.9. The Morgan fingerprint density at radius 1 is 1.33 bits per heavy atom. The number of hydrogen-bond acceptors (Lipinski definition) is 4. The molecule has 1 aliphatic heterocycles. The maximum Gasteiger partial charge on any atom is 0.356 e. The van der Waals surface area contributed by atoms with Gasteiger partial charge in [-0.1, -0.05) is 19.9 Å². The second-order valence-corrected chi connectivity index (χ2v) is 6.96.